The number of aliphatic imine (C=N–C) groups is 1. The molecule has 0 aliphatic carbocycles. The van der Waals surface area contributed by atoms with Crippen LogP contribution in [0.2, 0.25) is 0 Å². The normalized spacial score (nSPS) is 19.6. The lowest BCUT2D eigenvalue weighted by molar-refractivity contribution is 0.0893. The molecule has 6 heteroatoms. The summed E-state index contributed by atoms with van der Waals surface area (Å²) in [5.74, 6) is 1.58. The number of fused-ring (bicyclic) bond motifs is 1. The topological polar surface area (TPSA) is 46.1 Å². The molecule has 25 heavy (non-hydrogen) atoms. The van der Waals surface area contributed by atoms with Crippen LogP contribution in [0.5, 0.6) is 0 Å². The SMILES string of the molecule is CCNC(=NCCCOCC1CCOC1)N1CCc2ccccc21.I. The number of benzene rings is 1. The second-order valence-electron chi connectivity index (χ2n) is 6.42. The van der Waals surface area contributed by atoms with Gasteiger partial charge in [-0.15, -0.1) is 24.0 Å². The number of nitrogens with zero attached hydrogens (tertiary/aromatic N) is 2. The minimum atomic E-state index is 0. The van der Waals surface area contributed by atoms with Gasteiger partial charge in [-0.05, 0) is 37.8 Å². The quantitative estimate of drug-likeness (QED) is 0.295. The van der Waals surface area contributed by atoms with E-state index in [1.165, 1.54) is 11.3 Å². The molecular formula is C19H30IN3O2. The average molecular weight is 459 g/mol. The maximum absolute atomic E-state index is 5.76. The Morgan fingerprint density at radius 1 is 1.40 bits per heavy atom. The number of halogens is 1. The zero-order valence-electron chi connectivity index (χ0n) is 15.1. The van der Waals surface area contributed by atoms with E-state index in [0.717, 1.165) is 71.3 Å². The van der Waals surface area contributed by atoms with Gasteiger partial charge in [-0.1, -0.05) is 18.2 Å². The lowest BCUT2D eigenvalue weighted by Gasteiger charge is -2.22. The molecule has 2 aliphatic heterocycles. The van der Waals surface area contributed by atoms with Gasteiger partial charge in [0.15, 0.2) is 5.96 Å². The third-order valence-electron chi connectivity index (χ3n) is 4.56. The van der Waals surface area contributed by atoms with Gasteiger partial charge in [-0.25, -0.2) is 0 Å². The molecule has 2 aliphatic rings. The van der Waals surface area contributed by atoms with Crippen molar-refractivity contribution in [1.82, 2.24) is 5.32 Å². The van der Waals surface area contributed by atoms with Crippen LogP contribution in [0, 0.1) is 5.92 Å². The van der Waals surface area contributed by atoms with Crippen molar-refractivity contribution in [3.63, 3.8) is 0 Å². The highest BCUT2D eigenvalue weighted by Gasteiger charge is 2.22. The Balaban J connectivity index is 0.00000225. The molecular weight excluding hydrogens is 429 g/mol. The van der Waals surface area contributed by atoms with Crippen LogP contribution in [-0.4, -0.2) is 52.0 Å². The van der Waals surface area contributed by atoms with Crippen LogP contribution in [0.25, 0.3) is 0 Å². The Bertz CT molecular complexity index is 547. The molecule has 1 fully saturated rings. The number of nitrogens with one attached hydrogen (secondary N) is 1. The Kier molecular flexibility index (Phi) is 8.98. The molecule has 0 amide bonds. The number of rotatable bonds is 7. The molecule has 5 nitrogen and oxygen atoms in total. The van der Waals surface area contributed by atoms with Crippen LogP contribution in [-0.2, 0) is 15.9 Å². The summed E-state index contributed by atoms with van der Waals surface area (Å²) in [4.78, 5) is 7.09. The third-order valence-corrected chi connectivity index (χ3v) is 4.56. The second kappa shape index (κ2) is 11.0. The van der Waals surface area contributed by atoms with Crippen LogP contribution in [0.15, 0.2) is 29.3 Å². The van der Waals surface area contributed by atoms with Gasteiger partial charge in [0.25, 0.3) is 0 Å². The first-order valence-electron chi connectivity index (χ1n) is 9.17. The van der Waals surface area contributed by atoms with E-state index in [0.29, 0.717) is 5.92 Å². The summed E-state index contributed by atoms with van der Waals surface area (Å²) in [6.07, 6.45) is 3.18. The van der Waals surface area contributed by atoms with Gasteiger partial charge in [-0.2, -0.15) is 0 Å². The monoisotopic (exact) mass is 459 g/mol. The Hall–Kier alpha value is -0.860. The fourth-order valence-corrected chi connectivity index (χ4v) is 3.27. The van der Waals surface area contributed by atoms with Gasteiger partial charge in [0.05, 0.1) is 13.2 Å². The summed E-state index contributed by atoms with van der Waals surface area (Å²) in [6.45, 7) is 8.14. The maximum atomic E-state index is 5.76. The molecule has 1 unspecified atom stereocenters. The third kappa shape index (κ3) is 5.82. The first-order chi connectivity index (χ1) is 11.9. The van der Waals surface area contributed by atoms with Crippen LogP contribution < -0.4 is 10.2 Å². The highest BCUT2D eigenvalue weighted by Crippen LogP contribution is 2.27. The average Bonchev–Trinajstić information content (AvgIpc) is 3.26. The van der Waals surface area contributed by atoms with E-state index >= 15 is 0 Å². The smallest absolute Gasteiger partial charge is 0.198 e. The molecule has 0 spiro atoms. The van der Waals surface area contributed by atoms with Crippen molar-refractivity contribution in [3.8, 4) is 0 Å². The van der Waals surface area contributed by atoms with Crippen LogP contribution in [0.4, 0.5) is 5.69 Å². The molecule has 1 aromatic rings. The highest BCUT2D eigenvalue weighted by atomic mass is 127. The van der Waals surface area contributed by atoms with E-state index < -0.39 is 0 Å². The molecule has 1 atom stereocenters. The number of hydrogen-bond donors (Lipinski definition) is 1. The highest BCUT2D eigenvalue weighted by molar-refractivity contribution is 14.0. The van der Waals surface area contributed by atoms with Crippen molar-refractivity contribution in [3.05, 3.63) is 29.8 Å². The molecule has 0 radical (unpaired) electrons. The van der Waals surface area contributed by atoms with Crippen molar-refractivity contribution in [2.24, 2.45) is 10.9 Å². The molecule has 1 saturated heterocycles. The van der Waals surface area contributed by atoms with E-state index in [1.807, 2.05) is 0 Å². The predicted octanol–water partition coefficient (Wildman–Crippen LogP) is 3.08. The Labute approximate surface area is 168 Å². The number of anilines is 1. The lowest BCUT2D eigenvalue weighted by Crippen LogP contribution is -2.40. The molecule has 0 saturated carbocycles. The Morgan fingerprint density at radius 2 is 2.28 bits per heavy atom. The number of ether oxygens (including phenoxy) is 2. The molecule has 2 heterocycles. The van der Waals surface area contributed by atoms with Crippen molar-refractivity contribution in [2.45, 2.75) is 26.2 Å². The number of hydrogen-bond acceptors (Lipinski definition) is 3. The van der Waals surface area contributed by atoms with Crippen molar-refractivity contribution >= 4 is 35.6 Å². The molecule has 3 rings (SSSR count). The van der Waals surface area contributed by atoms with Gasteiger partial charge in [0.1, 0.15) is 0 Å². The molecule has 140 valence electrons. The fourth-order valence-electron chi connectivity index (χ4n) is 3.27. The summed E-state index contributed by atoms with van der Waals surface area (Å²) in [7, 11) is 0. The largest absolute Gasteiger partial charge is 0.381 e. The number of para-hydroxylation sites is 1. The first kappa shape index (κ1) is 20.5. The second-order valence-corrected chi connectivity index (χ2v) is 6.42. The van der Waals surface area contributed by atoms with Gasteiger partial charge in [0, 0.05) is 44.5 Å². The van der Waals surface area contributed by atoms with Crippen molar-refractivity contribution in [2.75, 3.05) is 51.0 Å². The van der Waals surface area contributed by atoms with Gasteiger partial charge < -0.3 is 19.7 Å². The van der Waals surface area contributed by atoms with E-state index in [4.69, 9.17) is 14.5 Å². The fraction of sp³-hybridized carbons (Fsp3) is 0.632. The van der Waals surface area contributed by atoms with E-state index in [1.54, 1.807) is 0 Å². The van der Waals surface area contributed by atoms with Gasteiger partial charge in [-0.3, -0.25) is 4.99 Å². The summed E-state index contributed by atoms with van der Waals surface area (Å²) in [5, 5.41) is 3.42. The van der Waals surface area contributed by atoms with Crippen molar-refractivity contribution < 1.29 is 9.47 Å². The predicted molar refractivity (Wildman–Crippen MR) is 113 cm³/mol. The summed E-state index contributed by atoms with van der Waals surface area (Å²) in [5.41, 5.74) is 2.69. The van der Waals surface area contributed by atoms with Crippen molar-refractivity contribution in [1.29, 1.82) is 0 Å². The van der Waals surface area contributed by atoms with Gasteiger partial charge in [0.2, 0.25) is 0 Å². The summed E-state index contributed by atoms with van der Waals surface area (Å²) >= 11 is 0. The molecule has 0 aromatic heterocycles. The molecule has 0 bridgehead atoms. The Morgan fingerprint density at radius 3 is 3.08 bits per heavy atom. The van der Waals surface area contributed by atoms with Crippen LogP contribution in [0.1, 0.15) is 25.3 Å². The summed E-state index contributed by atoms with van der Waals surface area (Å²) in [6, 6.07) is 8.60. The minimum Gasteiger partial charge on any atom is -0.381 e. The molecule has 1 aromatic carbocycles. The van der Waals surface area contributed by atoms with Crippen LogP contribution in [0.3, 0.4) is 0 Å². The van der Waals surface area contributed by atoms with E-state index in [2.05, 4.69) is 41.4 Å². The first-order valence-corrected chi connectivity index (χ1v) is 9.17. The van der Waals surface area contributed by atoms with Crippen LogP contribution >= 0.6 is 24.0 Å². The number of guanidine groups is 1. The van der Waals surface area contributed by atoms with E-state index in [9.17, 15) is 0 Å². The molecule has 1 N–H and O–H groups in total. The van der Waals surface area contributed by atoms with E-state index in [-0.39, 0.29) is 24.0 Å². The maximum Gasteiger partial charge on any atom is 0.198 e. The summed E-state index contributed by atoms with van der Waals surface area (Å²) < 4.78 is 11.1. The zero-order valence-corrected chi connectivity index (χ0v) is 17.4. The minimum absolute atomic E-state index is 0. The lowest BCUT2D eigenvalue weighted by atomic mass is 10.1. The zero-order chi connectivity index (χ0) is 16.6. The van der Waals surface area contributed by atoms with Gasteiger partial charge >= 0.3 is 0 Å². The standard InChI is InChI=1S/C19H29N3O2.HI/c1-2-20-19(22-11-8-17-6-3-4-7-18(17)22)21-10-5-12-23-14-16-9-13-24-15-16;/h3-4,6-7,16H,2,5,8-15H2,1H3,(H,20,21);1H.